The second kappa shape index (κ2) is 10.0. The number of halogens is 5. The Labute approximate surface area is 164 Å². The Morgan fingerprint density at radius 2 is 1.77 bits per heavy atom. The van der Waals surface area contributed by atoms with Crippen LogP contribution in [0.3, 0.4) is 0 Å². The fraction of sp³-hybridized carbons (Fsp3) is 0.188. The maximum Gasteiger partial charge on any atom is 0.573 e. The van der Waals surface area contributed by atoms with Crippen LogP contribution in [0.2, 0.25) is 0 Å². The van der Waals surface area contributed by atoms with Crippen LogP contribution in [0.4, 0.5) is 23.2 Å². The van der Waals surface area contributed by atoms with Crippen LogP contribution in [0, 0.1) is 5.82 Å². The second-order valence-corrected chi connectivity index (χ2v) is 4.77. The third-order valence-electron chi connectivity index (χ3n) is 2.80. The van der Waals surface area contributed by atoms with E-state index in [9.17, 15) is 17.6 Å². The number of nitrogens with two attached hydrogens (primary N) is 1. The quantitative estimate of drug-likeness (QED) is 0.212. The SMILES string of the molecule is I.NC(=NCCOc1cccc(F)c1)Nc1ccc(OC(F)(F)F)cc1. The highest BCUT2D eigenvalue weighted by Crippen LogP contribution is 2.23. The number of alkyl halides is 3. The molecule has 3 N–H and O–H groups in total. The summed E-state index contributed by atoms with van der Waals surface area (Å²) in [4.78, 5) is 3.99. The molecule has 0 bridgehead atoms. The van der Waals surface area contributed by atoms with Gasteiger partial charge in [-0.1, -0.05) is 6.07 Å². The van der Waals surface area contributed by atoms with Crippen LogP contribution in [0.5, 0.6) is 11.5 Å². The van der Waals surface area contributed by atoms with Crippen molar-refractivity contribution < 1.29 is 27.0 Å². The predicted molar refractivity (Wildman–Crippen MR) is 101 cm³/mol. The van der Waals surface area contributed by atoms with Crippen molar-refractivity contribution in [2.75, 3.05) is 18.5 Å². The van der Waals surface area contributed by atoms with Gasteiger partial charge in [0.25, 0.3) is 0 Å². The van der Waals surface area contributed by atoms with E-state index in [-0.39, 0.29) is 48.8 Å². The first kappa shape index (κ1) is 21.8. The van der Waals surface area contributed by atoms with Crippen LogP contribution in [0.1, 0.15) is 0 Å². The fourth-order valence-corrected chi connectivity index (χ4v) is 1.81. The van der Waals surface area contributed by atoms with Crippen LogP contribution in [0.15, 0.2) is 53.5 Å². The van der Waals surface area contributed by atoms with Gasteiger partial charge in [0.05, 0.1) is 6.54 Å². The summed E-state index contributed by atoms with van der Waals surface area (Å²) < 4.78 is 58.2. The number of ether oxygens (including phenoxy) is 2. The lowest BCUT2D eigenvalue weighted by Gasteiger charge is -2.10. The van der Waals surface area contributed by atoms with Gasteiger partial charge in [-0.15, -0.1) is 37.1 Å². The molecule has 26 heavy (non-hydrogen) atoms. The van der Waals surface area contributed by atoms with E-state index in [1.807, 2.05) is 0 Å². The van der Waals surface area contributed by atoms with Crippen LogP contribution < -0.4 is 20.5 Å². The zero-order valence-electron chi connectivity index (χ0n) is 13.3. The smallest absolute Gasteiger partial charge is 0.492 e. The Morgan fingerprint density at radius 3 is 2.38 bits per heavy atom. The highest BCUT2D eigenvalue weighted by Gasteiger charge is 2.30. The molecule has 0 saturated heterocycles. The van der Waals surface area contributed by atoms with E-state index in [2.05, 4.69) is 15.0 Å². The van der Waals surface area contributed by atoms with E-state index in [1.165, 1.54) is 30.3 Å². The van der Waals surface area contributed by atoms with Crippen molar-refractivity contribution in [3.8, 4) is 11.5 Å². The molecule has 0 radical (unpaired) electrons. The van der Waals surface area contributed by atoms with E-state index in [0.717, 1.165) is 12.1 Å². The van der Waals surface area contributed by atoms with E-state index in [0.29, 0.717) is 11.4 Å². The van der Waals surface area contributed by atoms with Crippen LogP contribution in [-0.4, -0.2) is 25.5 Å². The zero-order valence-corrected chi connectivity index (χ0v) is 15.6. The van der Waals surface area contributed by atoms with Crippen LogP contribution in [0.25, 0.3) is 0 Å². The topological polar surface area (TPSA) is 68.9 Å². The van der Waals surface area contributed by atoms with E-state index in [1.54, 1.807) is 6.07 Å². The largest absolute Gasteiger partial charge is 0.573 e. The molecular formula is C16H16F4IN3O2. The molecule has 0 aliphatic carbocycles. The first-order valence-electron chi connectivity index (χ1n) is 7.13. The minimum atomic E-state index is -4.74. The molecule has 10 heteroatoms. The minimum Gasteiger partial charge on any atom is -0.492 e. The number of nitrogens with one attached hydrogen (secondary N) is 1. The molecule has 2 aromatic rings. The van der Waals surface area contributed by atoms with Gasteiger partial charge in [-0.05, 0) is 36.4 Å². The molecule has 0 aromatic heterocycles. The summed E-state index contributed by atoms with van der Waals surface area (Å²) in [6, 6.07) is 10.7. The molecule has 2 rings (SSSR count). The Hall–Kier alpha value is -2.24. The monoisotopic (exact) mass is 485 g/mol. The molecule has 0 fully saturated rings. The first-order valence-corrected chi connectivity index (χ1v) is 7.13. The molecule has 142 valence electrons. The van der Waals surface area contributed by atoms with Crippen molar-refractivity contribution in [2.45, 2.75) is 6.36 Å². The summed E-state index contributed by atoms with van der Waals surface area (Å²) in [6.45, 7) is 0.398. The molecule has 2 aromatic carbocycles. The van der Waals surface area contributed by atoms with Gasteiger partial charge in [0.2, 0.25) is 0 Å². The van der Waals surface area contributed by atoms with Crippen molar-refractivity contribution in [3.05, 3.63) is 54.3 Å². The number of benzene rings is 2. The summed E-state index contributed by atoms with van der Waals surface area (Å²) in [7, 11) is 0. The van der Waals surface area contributed by atoms with Gasteiger partial charge >= 0.3 is 6.36 Å². The van der Waals surface area contributed by atoms with Crippen molar-refractivity contribution in [3.63, 3.8) is 0 Å². The summed E-state index contributed by atoms with van der Waals surface area (Å²) in [5.41, 5.74) is 6.11. The number of anilines is 1. The van der Waals surface area contributed by atoms with Gasteiger partial charge in [0, 0.05) is 11.8 Å². The molecule has 0 heterocycles. The van der Waals surface area contributed by atoms with Gasteiger partial charge in [-0.25, -0.2) is 9.38 Å². The second-order valence-electron chi connectivity index (χ2n) is 4.77. The number of hydrogen-bond donors (Lipinski definition) is 2. The number of rotatable bonds is 6. The van der Waals surface area contributed by atoms with Crippen molar-refractivity contribution >= 4 is 35.6 Å². The maximum atomic E-state index is 13.0. The van der Waals surface area contributed by atoms with Crippen LogP contribution in [-0.2, 0) is 0 Å². The molecule has 0 amide bonds. The molecular weight excluding hydrogens is 469 g/mol. The van der Waals surface area contributed by atoms with Gasteiger partial charge < -0.3 is 20.5 Å². The number of hydrogen-bond acceptors (Lipinski definition) is 3. The molecule has 0 aliphatic heterocycles. The zero-order chi connectivity index (χ0) is 18.3. The fourth-order valence-electron chi connectivity index (χ4n) is 1.81. The van der Waals surface area contributed by atoms with Gasteiger partial charge in [-0.2, -0.15) is 0 Å². The summed E-state index contributed by atoms with van der Waals surface area (Å²) in [6.07, 6.45) is -4.74. The van der Waals surface area contributed by atoms with Crippen molar-refractivity contribution in [1.29, 1.82) is 0 Å². The maximum absolute atomic E-state index is 13.0. The third kappa shape index (κ3) is 8.23. The lowest BCUT2D eigenvalue weighted by atomic mass is 10.3. The predicted octanol–water partition coefficient (Wildman–Crippen LogP) is 4.15. The summed E-state index contributed by atoms with van der Waals surface area (Å²) in [5.74, 6) is -0.300. The molecule has 0 saturated carbocycles. The Kier molecular flexibility index (Phi) is 8.42. The molecule has 0 unspecified atom stereocenters. The molecule has 5 nitrogen and oxygen atoms in total. The first-order chi connectivity index (χ1) is 11.8. The Morgan fingerprint density at radius 1 is 1.08 bits per heavy atom. The highest BCUT2D eigenvalue weighted by atomic mass is 127. The third-order valence-corrected chi connectivity index (χ3v) is 2.80. The average Bonchev–Trinajstić information content (AvgIpc) is 2.52. The lowest BCUT2D eigenvalue weighted by Crippen LogP contribution is -2.23. The van der Waals surface area contributed by atoms with E-state index >= 15 is 0 Å². The molecule has 0 aliphatic rings. The van der Waals surface area contributed by atoms with E-state index < -0.39 is 12.2 Å². The molecule has 0 atom stereocenters. The minimum absolute atomic E-state index is 0. The standard InChI is InChI=1S/C16H15F4N3O2.HI/c17-11-2-1-3-14(10-11)24-9-8-22-15(21)23-12-4-6-13(7-5-12)25-16(18,19)20;/h1-7,10H,8-9H2,(H3,21,22,23);1H. The highest BCUT2D eigenvalue weighted by molar-refractivity contribution is 14.0. The molecule has 0 spiro atoms. The van der Waals surface area contributed by atoms with Crippen LogP contribution >= 0.6 is 24.0 Å². The van der Waals surface area contributed by atoms with Gasteiger partial charge in [0.1, 0.15) is 23.9 Å². The number of nitrogens with zero attached hydrogens (tertiary/aromatic N) is 1. The summed E-state index contributed by atoms with van der Waals surface area (Å²) in [5, 5.41) is 2.72. The summed E-state index contributed by atoms with van der Waals surface area (Å²) >= 11 is 0. The Bertz CT molecular complexity index is 724. The van der Waals surface area contributed by atoms with E-state index in [4.69, 9.17) is 10.5 Å². The lowest BCUT2D eigenvalue weighted by molar-refractivity contribution is -0.274. The number of aliphatic imine (C=N–C) groups is 1. The van der Waals surface area contributed by atoms with Gasteiger partial charge in [-0.3, -0.25) is 0 Å². The van der Waals surface area contributed by atoms with Gasteiger partial charge in [0.15, 0.2) is 5.96 Å². The number of guanidine groups is 1. The average molecular weight is 485 g/mol. The normalized spacial score (nSPS) is 11.5. The van der Waals surface area contributed by atoms with Crippen molar-refractivity contribution in [2.24, 2.45) is 10.7 Å². The van der Waals surface area contributed by atoms with Crippen molar-refractivity contribution in [1.82, 2.24) is 0 Å². The Balaban J connectivity index is 0.00000338.